The van der Waals surface area contributed by atoms with Gasteiger partial charge in [0.25, 0.3) is 0 Å². The van der Waals surface area contributed by atoms with Gasteiger partial charge in [-0.05, 0) is 27.3 Å². The highest BCUT2D eigenvalue weighted by atomic mass is 16.5. The standard InChI is InChI=1S/C15H30N2O3/c1-5-6-12(2)16-14(18)13(3)17(4)11-15(19)7-9-20-10-8-15/h12-13,19H,5-11H2,1-4H3,(H,16,18). The Morgan fingerprint density at radius 3 is 2.55 bits per heavy atom. The lowest BCUT2D eigenvalue weighted by Crippen LogP contribution is -2.52. The Bertz CT molecular complexity index is 303. The fourth-order valence-electron chi connectivity index (χ4n) is 2.58. The van der Waals surface area contributed by atoms with Crippen molar-refractivity contribution in [2.75, 3.05) is 26.8 Å². The van der Waals surface area contributed by atoms with Crippen molar-refractivity contribution >= 4 is 5.91 Å². The van der Waals surface area contributed by atoms with Crippen molar-refractivity contribution in [1.82, 2.24) is 10.2 Å². The molecule has 5 nitrogen and oxygen atoms in total. The normalized spacial score (nSPS) is 21.5. The average Bonchev–Trinajstić information content (AvgIpc) is 2.38. The van der Waals surface area contributed by atoms with Crippen LogP contribution < -0.4 is 5.32 Å². The number of aliphatic hydroxyl groups is 1. The largest absolute Gasteiger partial charge is 0.388 e. The van der Waals surface area contributed by atoms with Gasteiger partial charge in [-0.25, -0.2) is 0 Å². The van der Waals surface area contributed by atoms with Gasteiger partial charge in [0.1, 0.15) is 0 Å². The molecular weight excluding hydrogens is 256 g/mol. The molecule has 118 valence electrons. The van der Waals surface area contributed by atoms with Gasteiger partial charge in [0.05, 0.1) is 11.6 Å². The Morgan fingerprint density at radius 2 is 2.00 bits per heavy atom. The molecule has 0 spiro atoms. The summed E-state index contributed by atoms with van der Waals surface area (Å²) in [4.78, 5) is 14.1. The van der Waals surface area contributed by atoms with E-state index < -0.39 is 5.60 Å². The molecule has 0 saturated carbocycles. The fraction of sp³-hybridized carbons (Fsp3) is 0.933. The maximum atomic E-state index is 12.2. The van der Waals surface area contributed by atoms with Crippen LogP contribution in [0.2, 0.25) is 0 Å². The molecule has 2 unspecified atom stereocenters. The van der Waals surface area contributed by atoms with Gasteiger partial charge in [-0.15, -0.1) is 0 Å². The van der Waals surface area contributed by atoms with Crippen LogP contribution in [0.4, 0.5) is 0 Å². The predicted molar refractivity (Wildman–Crippen MR) is 79.6 cm³/mol. The van der Waals surface area contributed by atoms with Gasteiger partial charge in [-0.2, -0.15) is 0 Å². The van der Waals surface area contributed by atoms with E-state index in [1.807, 2.05) is 25.8 Å². The lowest BCUT2D eigenvalue weighted by atomic mass is 9.93. The van der Waals surface area contributed by atoms with Crippen molar-refractivity contribution in [2.24, 2.45) is 0 Å². The van der Waals surface area contributed by atoms with Crippen molar-refractivity contribution in [3.63, 3.8) is 0 Å². The van der Waals surface area contributed by atoms with Crippen LogP contribution in [-0.4, -0.2) is 60.4 Å². The molecule has 0 aliphatic carbocycles. The van der Waals surface area contributed by atoms with Gasteiger partial charge >= 0.3 is 0 Å². The highest BCUT2D eigenvalue weighted by Gasteiger charge is 2.33. The first-order valence-electron chi connectivity index (χ1n) is 7.68. The van der Waals surface area contributed by atoms with Crippen molar-refractivity contribution in [1.29, 1.82) is 0 Å². The summed E-state index contributed by atoms with van der Waals surface area (Å²) < 4.78 is 5.28. The molecular formula is C15H30N2O3. The summed E-state index contributed by atoms with van der Waals surface area (Å²) >= 11 is 0. The summed E-state index contributed by atoms with van der Waals surface area (Å²) in [6, 6.07) is -0.0318. The van der Waals surface area contributed by atoms with Crippen molar-refractivity contribution in [3.05, 3.63) is 0 Å². The number of carbonyl (C=O) groups is 1. The molecule has 1 amide bonds. The van der Waals surface area contributed by atoms with E-state index in [-0.39, 0.29) is 18.0 Å². The molecule has 1 heterocycles. The molecule has 0 radical (unpaired) electrons. The molecule has 2 atom stereocenters. The first-order valence-corrected chi connectivity index (χ1v) is 7.68. The van der Waals surface area contributed by atoms with Gasteiger partial charge < -0.3 is 15.2 Å². The third kappa shape index (κ3) is 5.38. The van der Waals surface area contributed by atoms with Gasteiger partial charge in [0.15, 0.2) is 0 Å². The number of carbonyl (C=O) groups excluding carboxylic acids is 1. The SMILES string of the molecule is CCCC(C)NC(=O)C(C)N(C)CC1(O)CCOCC1. The quantitative estimate of drug-likeness (QED) is 0.737. The van der Waals surface area contributed by atoms with Crippen LogP contribution in [0.25, 0.3) is 0 Å². The third-order valence-electron chi connectivity index (χ3n) is 4.12. The van der Waals surface area contributed by atoms with E-state index in [0.717, 1.165) is 12.8 Å². The summed E-state index contributed by atoms with van der Waals surface area (Å²) in [5, 5.41) is 13.5. The third-order valence-corrected chi connectivity index (χ3v) is 4.12. The summed E-state index contributed by atoms with van der Waals surface area (Å²) in [7, 11) is 1.89. The number of likely N-dealkylation sites (N-methyl/N-ethyl adjacent to an activating group) is 1. The topological polar surface area (TPSA) is 61.8 Å². The molecule has 1 saturated heterocycles. The first kappa shape index (κ1) is 17.4. The number of rotatable bonds is 7. The number of hydrogen-bond acceptors (Lipinski definition) is 4. The Morgan fingerprint density at radius 1 is 1.40 bits per heavy atom. The first-order chi connectivity index (χ1) is 9.38. The van der Waals surface area contributed by atoms with Crippen LogP contribution in [0, 0.1) is 0 Å². The zero-order valence-corrected chi connectivity index (χ0v) is 13.3. The molecule has 1 aliphatic rings. The lowest BCUT2D eigenvalue weighted by molar-refractivity contribution is -0.128. The minimum absolute atomic E-state index is 0.0316. The Hall–Kier alpha value is -0.650. The van der Waals surface area contributed by atoms with Crippen LogP contribution in [0.1, 0.15) is 46.5 Å². The summed E-state index contributed by atoms with van der Waals surface area (Å²) in [5.74, 6) is 0.0316. The maximum absolute atomic E-state index is 12.2. The number of hydrogen-bond donors (Lipinski definition) is 2. The smallest absolute Gasteiger partial charge is 0.237 e. The van der Waals surface area contributed by atoms with E-state index in [1.54, 1.807) is 0 Å². The molecule has 20 heavy (non-hydrogen) atoms. The van der Waals surface area contributed by atoms with Crippen LogP contribution in [0.15, 0.2) is 0 Å². The monoisotopic (exact) mass is 286 g/mol. The number of amides is 1. The minimum Gasteiger partial charge on any atom is -0.388 e. The Labute approximate surface area is 122 Å². The van der Waals surface area contributed by atoms with Crippen molar-refractivity contribution < 1.29 is 14.6 Å². The van der Waals surface area contributed by atoms with E-state index >= 15 is 0 Å². The van der Waals surface area contributed by atoms with Crippen molar-refractivity contribution in [3.8, 4) is 0 Å². The molecule has 1 aliphatic heterocycles. The summed E-state index contributed by atoms with van der Waals surface area (Å²) in [5.41, 5.74) is -0.726. The van der Waals surface area contributed by atoms with Gasteiger partial charge in [0, 0.05) is 38.6 Å². The van der Waals surface area contributed by atoms with Gasteiger partial charge in [-0.3, -0.25) is 9.69 Å². The van der Waals surface area contributed by atoms with Crippen LogP contribution >= 0.6 is 0 Å². The summed E-state index contributed by atoms with van der Waals surface area (Å²) in [6.45, 7) is 7.72. The molecule has 5 heteroatoms. The fourth-order valence-corrected chi connectivity index (χ4v) is 2.58. The van der Waals surface area contributed by atoms with Gasteiger partial charge in [-0.1, -0.05) is 13.3 Å². The zero-order valence-electron chi connectivity index (χ0n) is 13.3. The van der Waals surface area contributed by atoms with E-state index in [9.17, 15) is 9.90 Å². The van der Waals surface area contributed by atoms with E-state index in [1.165, 1.54) is 0 Å². The second-order valence-electron chi connectivity index (χ2n) is 6.13. The number of nitrogens with one attached hydrogen (secondary N) is 1. The maximum Gasteiger partial charge on any atom is 0.237 e. The molecule has 1 fully saturated rings. The number of ether oxygens (including phenoxy) is 1. The van der Waals surface area contributed by atoms with Gasteiger partial charge in [0.2, 0.25) is 5.91 Å². The zero-order chi connectivity index (χ0) is 15.2. The second-order valence-corrected chi connectivity index (χ2v) is 6.13. The molecule has 1 rings (SSSR count). The van der Waals surface area contributed by atoms with E-state index in [4.69, 9.17) is 4.74 Å². The Balaban J connectivity index is 2.44. The lowest BCUT2D eigenvalue weighted by Gasteiger charge is -2.37. The minimum atomic E-state index is -0.726. The highest BCUT2D eigenvalue weighted by molar-refractivity contribution is 5.81. The second kappa shape index (κ2) is 7.96. The Kier molecular flexibility index (Phi) is 6.92. The van der Waals surface area contributed by atoms with Crippen LogP contribution in [-0.2, 0) is 9.53 Å². The molecule has 0 bridgehead atoms. The highest BCUT2D eigenvalue weighted by Crippen LogP contribution is 2.22. The number of nitrogens with zero attached hydrogens (tertiary/aromatic N) is 1. The van der Waals surface area contributed by atoms with Crippen LogP contribution in [0.3, 0.4) is 0 Å². The molecule has 0 aromatic rings. The molecule has 0 aromatic carbocycles. The van der Waals surface area contributed by atoms with E-state index in [2.05, 4.69) is 12.2 Å². The predicted octanol–water partition coefficient (Wildman–Crippen LogP) is 1.15. The summed E-state index contributed by atoms with van der Waals surface area (Å²) in [6.07, 6.45) is 3.32. The molecule has 2 N–H and O–H groups in total. The molecule has 0 aromatic heterocycles. The van der Waals surface area contributed by atoms with Crippen molar-refractivity contribution in [2.45, 2.75) is 64.1 Å². The van der Waals surface area contributed by atoms with E-state index in [0.29, 0.717) is 32.6 Å². The average molecular weight is 286 g/mol. The van der Waals surface area contributed by atoms with Crippen LogP contribution in [0.5, 0.6) is 0 Å².